The Labute approximate surface area is 223 Å². The van der Waals surface area contributed by atoms with Crippen molar-refractivity contribution in [2.24, 2.45) is 0 Å². The second kappa shape index (κ2) is 12.7. The molecular weight excluding hydrogens is 571 g/mol. The summed E-state index contributed by atoms with van der Waals surface area (Å²) >= 11 is 17.0. The van der Waals surface area contributed by atoms with Crippen molar-refractivity contribution in [2.45, 2.75) is 55.3 Å². The number of carbonyl (C=O) groups is 4. The lowest BCUT2D eigenvalue weighted by Crippen LogP contribution is -2.63. The standard InChI is InChI=1S/C21H20Cl3F2NO10/c1-8(28)32-7-14-15(33-9(2)29)16(34-10(3)30)17(19(35-14)37-20(27)21(22,23)24)36-18(31)12-6-11(25)4-5-13(12)26/h4-6,14-17,19,27H,7H2,1-3H3/t14-,15+,16+,17-,19?/m1/s1. The summed E-state index contributed by atoms with van der Waals surface area (Å²) in [6.45, 7) is 2.44. The Bertz CT molecular complexity index is 1070. The maximum atomic E-state index is 14.2. The van der Waals surface area contributed by atoms with Gasteiger partial charge in [0.05, 0.1) is 5.56 Å². The summed E-state index contributed by atoms with van der Waals surface area (Å²) in [5, 5.41) is 7.86. The Balaban J connectivity index is 2.56. The van der Waals surface area contributed by atoms with Crippen LogP contribution < -0.4 is 0 Å². The predicted octanol–water partition coefficient (Wildman–Crippen LogP) is 3.01. The van der Waals surface area contributed by atoms with E-state index in [2.05, 4.69) is 0 Å². The molecule has 204 valence electrons. The fraction of sp³-hybridized carbons (Fsp3) is 0.476. The van der Waals surface area contributed by atoms with E-state index in [1.807, 2.05) is 0 Å². The van der Waals surface area contributed by atoms with Crippen molar-refractivity contribution in [3.8, 4) is 0 Å². The molecule has 1 saturated heterocycles. The second-order valence-corrected chi connectivity index (χ2v) is 9.71. The Morgan fingerprint density at radius 3 is 2.05 bits per heavy atom. The van der Waals surface area contributed by atoms with E-state index < -0.39 is 88.1 Å². The molecule has 0 aliphatic carbocycles. The van der Waals surface area contributed by atoms with Crippen LogP contribution in [0.4, 0.5) is 8.78 Å². The normalized spacial score (nSPS) is 23.4. The number of carbonyl (C=O) groups excluding carboxylic acids is 4. The molecule has 1 fully saturated rings. The first-order chi connectivity index (χ1) is 17.1. The van der Waals surface area contributed by atoms with Crippen molar-refractivity contribution in [1.82, 2.24) is 0 Å². The molecule has 5 atom stereocenters. The first-order valence-corrected chi connectivity index (χ1v) is 11.3. The number of nitrogens with one attached hydrogen (secondary N) is 1. The second-order valence-electron chi connectivity index (χ2n) is 7.43. The molecule has 37 heavy (non-hydrogen) atoms. The molecule has 0 bridgehead atoms. The molecule has 16 heteroatoms. The van der Waals surface area contributed by atoms with Gasteiger partial charge in [-0.1, -0.05) is 34.8 Å². The molecule has 1 heterocycles. The van der Waals surface area contributed by atoms with E-state index in [1.54, 1.807) is 0 Å². The molecule has 0 aromatic heterocycles. The molecule has 1 N–H and O–H groups in total. The topological polar surface area (TPSA) is 148 Å². The summed E-state index contributed by atoms with van der Waals surface area (Å²) in [4.78, 5) is 47.9. The van der Waals surface area contributed by atoms with Crippen molar-refractivity contribution in [2.75, 3.05) is 6.61 Å². The lowest BCUT2D eigenvalue weighted by molar-refractivity contribution is -0.288. The van der Waals surface area contributed by atoms with E-state index in [-0.39, 0.29) is 0 Å². The van der Waals surface area contributed by atoms with Crippen LogP contribution in [-0.2, 0) is 42.8 Å². The predicted molar refractivity (Wildman–Crippen MR) is 121 cm³/mol. The van der Waals surface area contributed by atoms with E-state index in [0.717, 1.165) is 26.8 Å². The number of rotatable bonds is 7. The van der Waals surface area contributed by atoms with Crippen molar-refractivity contribution in [3.63, 3.8) is 0 Å². The summed E-state index contributed by atoms with van der Waals surface area (Å²) in [5.41, 5.74) is -0.858. The van der Waals surface area contributed by atoms with E-state index in [9.17, 15) is 28.0 Å². The Morgan fingerprint density at radius 2 is 1.51 bits per heavy atom. The zero-order chi connectivity index (χ0) is 28.1. The fourth-order valence-corrected chi connectivity index (χ4v) is 3.25. The molecule has 1 aromatic carbocycles. The molecule has 1 aromatic rings. The van der Waals surface area contributed by atoms with Gasteiger partial charge in [0.2, 0.25) is 18.3 Å². The molecule has 0 saturated carbocycles. The van der Waals surface area contributed by atoms with Crippen molar-refractivity contribution < 1.29 is 56.4 Å². The Morgan fingerprint density at radius 1 is 0.919 bits per heavy atom. The number of halogens is 5. The first-order valence-electron chi connectivity index (χ1n) is 10.2. The van der Waals surface area contributed by atoms with Crippen LogP contribution in [0.1, 0.15) is 31.1 Å². The van der Waals surface area contributed by atoms with Gasteiger partial charge in [-0.25, -0.2) is 13.6 Å². The quantitative estimate of drug-likeness (QED) is 0.165. The molecule has 0 spiro atoms. The summed E-state index contributed by atoms with van der Waals surface area (Å²) in [7, 11) is 0. The average molecular weight is 591 g/mol. The van der Waals surface area contributed by atoms with Gasteiger partial charge in [-0.3, -0.25) is 19.8 Å². The first kappa shape index (κ1) is 30.5. The van der Waals surface area contributed by atoms with Gasteiger partial charge in [-0.05, 0) is 18.2 Å². The van der Waals surface area contributed by atoms with Crippen molar-refractivity contribution >= 4 is 64.6 Å². The van der Waals surface area contributed by atoms with Crippen LogP contribution in [0.15, 0.2) is 18.2 Å². The van der Waals surface area contributed by atoms with Crippen LogP contribution in [0, 0.1) is 17.0 Å². The molecule has 1 aliphatic rings. The van der Waals surface area contributed by atoms with Gasteiger partial charge < -0.3 is 28.4 Å². The van der Waals surface area contributed by atoms with Gasteiger partial charge >= 0.3 is 23.9 Å². The summed E-state index contributed by atoms with van der Waals surface area (Å²) in [5.74, 6) is -7.30. The van der Waals surface area contributed by atoms with Crippen LogP contribution in [0.5, 0.6) is 0 Å². The minimum Gasteiger partial charge on any atom is -0.463 e. The lowest BCUT2D eigenvalue weighted by Gasteiger charge is -2.44. The zero-order valence-corrected chi connectivity index (χ0v) is 21.6. The monoisotopic (exact) mass is 589 g/mol. The maximum absolute atomic E-state index is 14.2. The number of alkyl halides is 3. The molecule has 0 radical (unpaired) electrons. The maximum Gasteiger partial charge on any atom is 0.341 e. The van der Waals surface area contributed by atoms with E-state index in [1.165, 1.54) is 0 Å². The number of ether oxygens (including phenoxy) is 6. The third kappa shape index (κ3) is 8.66. The van der Waals surface area contributed by atoms with Crippen molar-refractivity contribution in [3.05, 3.63) is 35.4 Å². The van der Waals surface area contributed by atoms with Gasteiger partial charge in [-0.2, -0.15) is 0 Å². The highest BCUT2D eigenvalue weighted by molar-refractivity contribution is 6.76. The van der Waals surface area contributed by atoms with Crippen LogP contribution >= 0.6 is 34.8 Å². The van der Waals surface area contributed by atoms with Crippen LogP contribution in [0.2, 0.25) is 0 Å². The summed E-state index contributed by atoms with van der Waals surface area (Å²) in [6.07, 6.45) is -8.60. The van der Waals surface area contributed by atoms with Crippen molar-refractivity contribution in [1.29, 1.82) is 5.41 Å². The van der Waals surface area contributed by atoms with E-state index in [4.69, 9.17) is 68.6 Å². The molecule has 0 amide bonds. The van der Waals surface area contributed by atoms with Crippen LogP contribution in [-0.4, -0.2) is 70.9 Å². The zero-order valence-electron chi connectivity index (χ0n) is 19.3. The molecular formula is C21H20Cl3F2NO10. The Hall–Kier alpha value is -2.74. The third-order valence-corrected chi connectivity index (χ3v) is 5.04. The highest BCUT2D eigenvalue weighted by atomic mass is 35.6. The van der Waals surface area contributed by atoms with Gasteiger partial charge in [0, 0.05) is 20.8 Å². The third-order valence-electron chi connectivity index (χ3n) is 4.53. The highest BCUT2D eigenvalue weighted by Gasteiger charge is 2.54. The molecule has 1 unspecified atom stereocenters. The number of benzene rings is 1. The van der Waals surface area contributed by atoms with Gasteiger partial charge in [0.1, 0.15) is 24.3 Å². The van der Waals surface area contributed by atoms with Crippen LogP contribution in [0.25, 0.3) is 0 Å². The SMILES string of the molecule is CC(=O)OC[C@H]1OC(OC(=N)C(Cl)(Cl)Cl)[C@H](OC(=O)c2cc(F)ccc2F)[C@@H](OC(C)=O)[C@H]1OC(C)=O. The number of esters is 4. The minimum atomic E-state index is -2.44. The van der Waals surface area contributed by atoms with Gasteiger partial charge in [0.25, 0.3) is 3.79 Å². The number of hydrogen-bond acceptors (Lipinski definition) is 11. The van der Waals surface area contributed by atoms with Crippen LogP contribution in [0.3, 0.4) is 0 Å². The van der Waals surface area contributed by atoms with E-state index >= 15 is 0 Å². The number of hydrogen-bond donors (Lipinski definition) is 1. The lowest BCUT2D eigenvalue weighted by atomic mass is 9.98. The molecule has 1 aliphatic heterocycles. The Kier molecular flexibility index (Phi) is 10.4. The summed E-state index contributed by atoms with van der Waals surface area (Å²) in [6, 6.07) is 1.95. The fourth-order valence-electron chi connectivity index (χ4n) is 3.12. The largest absolute Gasteiger partial charge is 0.463 e. The highest BCUT2D eigenvalue weighted by Crippen LogP contribution is 2.34. The minimum absolute atomic E-state index is 0.536. The summed E-state index contributed by atoms with van der Waals surface area (Å²) < 4.78 is 56.8. The molecule has 2 rings (SSSR count). The average Bonchev–Trinajstić information content (AvgIpc) is 2.76. The van der Waals surface area contributed by atoms with Gasteiger partial charge in [-0.15, -0.1) is 0 Å². The smallest absolute Gasteiger partial charge is 0.341 e. The van der Waals surface area contributed by atoms with E-state index in [0.29, 0.717) is 12.1 Å². The molecule has 11 nitrogen and oxygen atoms in total. The van der Waals surface area contributed by atoms with Gasteiger partial charge in [0.15, 0.2) is 12.2 Å².